The van der Waals surface area contributed by atoms with Gasteiger partial charge in [0.2, 0.25) is 11.9 Å². The molecule has 0 spiro atoms. The van der Waals surface area contributed by atoms with Gasteiger partial charge in [-0.15, -0.1) is 0 Å². The highest BCUT2D eigenvalue weighted by atomic mass is 16.2. The Kier molecular flexibility index (Phi) is 6.81. The second-order valence-corrected chi connectivity index (χ2v) is 7.79. The van der Waals surface area contributed by atoms with Gasteiger partial charge in [0, 0.05) is 76.0 Å². The molecule has 2 fully saturated rings. The molecule has 2 aliphatic rings. The number of nitrogens with zero attached hydrogens (tertiary/aromatic N) is 5. The number of nitrogens with one attached hydrogen (secondary N) is 2. The van der Waals surface area contributed by atoms with Gasteiger partial charge >= 0.3 is 6.03 Å². The number of piperazine rings is 1. The summed E-state index contributed by atoms with van der Waals surface area (Å²) >= 11 is 0. The van der Waals surface area contributed by atoms with Crippen LogP contribution in [0.3, 0.4) is 0 Å². The predicted octanol–water partition coefficient (Wildman–Crippen LogP) is 1.94. The Morgan fingerprint density at radius 2 is 1.65 bits per heavy atom. The summed E-state index contributed by atoms with van der Waals surface area (Å²) < 4.78 is 0. The van der Waals surface area contributed by atoms with Crippen molar-refractivity contribution in [3.05, 3.63) is 42.7 Å². The number of hydrogen-bond acceptors (Lipinski definition) is 6. The third-order valence-electron chi connectivity index (χ3n) is 5.67. The van der Waals surface area contributed by atoms with E-state index < -0.39 is 0 Å². The lowest BCUT2D eigenvalue weighted by atomic mass is 10.2. The Morgan fingerprint density at radius 1 is 0.903 bits per heavy atom. The van der Waals surface area contributed by atoms with Gasteiger partial charge in [-0.1, -0.05) is 6.07 Å². The monoisotopic (exact) mass is 423 g/mol. The van der Waals surface area contributed by atoms with E-state index in [0.717, 1.165) is 24.5 Å². The molecule has 1 aromatic heterocycles. The van der Waals surface area contributed by atoms with Gasteiger partial charge < -0.3 is 25.3 Å². The summed E-state index contributed by atoms with van der Waals surface area (Å²) in [6.45, 7) is 5.10. The van der Waals surface area contributed by atoms with E-state index in [9.17, 15) is 9.59 Å². The van der Waals surface area contributed by atoms with Crippen LogP contribution in [0.1, 0.15) is 19.3 Å². The highest BCUT2D eigenvalue weighted by molar-refractivity contribution is 5.90. The standard InChI is InChI=1S/C22H29N7O2/c30-20(28-13-15-29(16-14-28)21-23-8-4-9-24-21)7-10-25-22(31)26-18-5-3-6-19(17-18)27-11-1-2-12-27/h3-6,8-9,17H,1-2,7,10-16H2,(H2,25,26,31). The summed E-state index contributed by atoms with van der Waals surface area (Å²) in [5.74, 6) is 0.742. The number of aromatic nitrogens is 2. The lowest BCUT2D eigenvalue weighted by molar-refractivity contribution is -0.131. The topological polar surface area (TPSA) is 93.7 Å². The van der Waals surface area contributed by atoms with Gasteiger partial charge in [-0.05, 0) is 37.1 Å². The summed E-state index contributed by atoms with van der Waals surface area (Å²) in [5, 5.41) is 5.64. The number of amides is 3. The maximum absolute atomic E-state index is 12.5. The van der Waals surface area contributed by atoms with Crippen LogP contribution in [0.25, 0.3) is 0 Å². The predicted molar refractivity (Wildman–Crippen MR) is 120 cm³/mol. The highest BCUT2D eigenvalue weighted by Crippen LogP contribution is 2.23. The molecule has 9 heteroatoms. The molecule has 3 heterocycles. The fourth-order valence-electron chi connectivity index (χ4n) is 3.98. The average molecular weight is 424 g/mol. The molecule has 31 heavy (non-hydrogen) atoms. The van der Waals surface area contributed by atoms with Crippen LogP contribution in [0.5, 0.6) is 0 Å². The molecule has 0 saturated carbocycles. The van der Waals surface area contributed by atoms with E-state index in [1.807, 2.05) is 23.1 Å². The Hall–Kier alpha value is -3.36. The number of carbonyl (C=O) groups is 2. The first kappa shape index (κ1) is 20.9. The molecule has 3 amide bonds. The number of hydrogen-bond donors (Lipinski definition) is 2. The maximum Gasteiger partial charge on any atom is 0.319 e. The molecule has 2 aromatic rings. The molecular formula is C22H29N7O2. The van der Waals surface area contributed by atoms with Crippen molar-refractivity contribution in [1.29, 1.82) is 0 Å². The van der Waals surface area contributed by atoms with Gasteiger partial charge in [0.25, 0.3) is 0 Å². The van der Waals surface area contributed by atoms with Gasteiger partial charge in [-0.2, -0.15) is 0 Å². The molecular weight excluding hydrogens is 394 g/mol. The van der Waals surface area contributed by atoms with Gasteiger partial charge in [-0.25, -0.2) is 14.8 Å². The Labute approximate surface area is 182 Å². The van der Waals surface area contributed by atoms with Gasteiger partial charge in [0.1, 0.15) is 0 Å². The van der Waals surface area contributed by atoms with Crippen LogP contribution < -0.4 is 20.4 Å². The van der Waals surface area contributed by atoms with Crippen LogP contribution in [-0.2, 0) is 4.79 Å². The van der Waals surface area contributed by atoms with E-state index in [1.54, 1.807) is 18.5 Å². The van der Waals surface area contributed by atoms with Crippen molar-refractivity contribution in [3.63, 3.8) is 0 Å². The smallest absolute Gasteiger partial charge is 0.319 e. The zero-order valence-electron chi connectivity index (χ0n) is 17.7. The van der Waals surface area contributed by atoms with Crippen LogP contribution in [0.15, 0.2) is 42.7 Å². The van der Waals surface area contributed by atoms with Crippen molar-refractivity contribution in [3.8, 4) is 0 Å². The first-order valence-corrected chi connectivity index (χ1v) is 10.9. The van der Waals surface area contributed by atoms with Crippen molar-refractivity contribution >= 4 is 29.3 Å². The maximum atomic E-state index is 12.5. The molecule has 0 unspecified atom stereocenters. The van der Waals surface area contributed by atoms with E-state index in [1.165, 1.54) is 12.8 Å². The average Bonchev–Trinajstić information content (AvgIpc) is 3.35. The Bertz CT molecular complexity index is 878. The fourth-order valence-corrected chi connectivity index (χ4v) is 3.98. The quantitative estimate of drug-likeness (QED) is 0.738. The summed E-state index contributed by atoms with van der Waals surface area (Å²) in [4.78, 5) is 39.4. The van der Waals surface area contributed by atoms with Crippen molar-refractivity contribution in [2.75, 3.05) is 60.9 Å². The van der Waals surface area contributed by atoms with Crippen LogP contribution >= 0.6 is 0 Å². The Morgan fingerprint density at radius 3 is 2.39 bits per heavy atom. The molecule has 0 bridgehead atoms. The highest BCUT2D eigenvalue weighted by Gasteiger charge is 2.22. The minimum Gasteiger partial charge on any atom is -0.371 e. The number of anilines is 3. The van der Waals surface area contributed by atoms with E-state index in [-0.39, 0.29) is 18.4 Å². The van der Waals surface area contributed by atoms with Crippen LogP contribution in [0.2, 0.25) is 0 Å². The lowest BCUT2D eigenvalue weighted by Gasteiger charge is -2.34. The summed E-state index contributed by atoms with van der Waals surface area (Å²) in [5.41, 5.74) is 1.89. The number of carbonyl (C=O) groups excluding carboxylic acids is 2. The molecule has 1 aromatic carbocycles. The van der Waals surface area contributed by atoms with E-state index in [0.29, 0.717) is 38.7 Å². The number of rotatable bonds is 6. The molecule has 164 valence electrons. The van der Waals surface area contributed by atoms with Crippen molar-refractivity contribution in [2.45, 2.75) is 19.3 Å². The normalized spacial score (nSPS) is 16.3. The van der Waals surface area contributed by atoms with Crippen molar-refractivity contribution in [1.82, 2.24) is 20.2 Å². The number of benzene rings is 1. The molecule has 2 aliphatic heterocycles. The summed E-state index contributed by atoms with van der Waals surface area (Å²) in [6.07, 6.45) is 6.14. The largest absolute Gasteiger partial charge is 0.371 e. The van der Waals surface area contributed by atoms with Crippen LogP contribution in [0, 0.1) is 0 Å². The summed E-state index contributed by atoms with van der Waals surface area (Å²) in [6, 6.07) is 9.38. The van der Waals surface area contributed by atoms with Crippen LogP contribution in [0.4, 0.5) is 22.1 Å². The van der Waals surface area contributed by atoms with Gasteiger partial charge in [0.05, 0.1) is 0 Å². The van der Waals surface area contributed by atoms with E-state index in [2.05, 4.69) is 36.5 Å². The first-order valence-electron chi connectivity index (χ1n) is 10.9. The fraction of sp³-hybridized carbons (Fsp3) is 0.455. The Balaban J connectivity index is 1.17. The zero-order chi connectivity index (χ0) is 21.5. The SMILES string of the molecule is O=C(NCCC(=O)N1CCN(c2ncccn2)CC1)Nc1cccc(N2CCCC2)c1. The minimum atomic E-state index is -0.294. The van der Waals surface area contributed by atoms with Gasteiger partial charge in [0.15, 0.2) is 0 Å². The molecule has 0 aliphatic carbocycles. The number of urea groups is 1. The molecule has 4 rings (SSSR count). The molecule has 2 saturated heterocycles. The molecule has 0 atom stereocenters. The third kappa shape index (κ3) is 5.62. The minimum absolute atomic E-state index is 0.0463. The van der Waals surface area contributed by atoms with Crippen LogP contribution in [-0.4, -0.2) is 72.6 Å². The van der Waals surface area contributed by atoms with E-state index in [4.69, 9.17) is 0 Å². The first-order chi connectivity index (χ1) is 15.2. The van der Waals surface area contributed by atoms with Crippen molar-refractivity contribution in [2.24, 2.45) is 0 Å². The second kappa shape index (κ2) is 10.1. The summed E-state index contributed by atoms with van der Waals surface area (Å²) in [7, 11) is 0. The second-order valence-electron chi connectivity index (χ2n) is 7.79. The van der Waals surface area contributed by atoms with E-state index >= 15 is 0 Å². The molecule has 9 nitrogen and oxygen atoms in total. The molecule has 0 radical (unpaired) electrons. The lowest BCUT2D eigenvalue weighted by Crippen LogP contribution is -2.49. The third-order valence-corrected chi connectivity index (χ3v) is 5.67. The molecule has 2 N–H and O–H groups in total. The zero-order valence-corrected chi connectivity index (χ0v) is 17.7. The van der Waals surface area contributed by atoms with Crippen molar-refractivity contribution < 1.29 is 9.59 Å². The van der Waals surface area contributed by atoms with Gasteiger partial charge in [-0.3, -0.25) is 4.79 Å².